The smallest absolute Gasteiger partial charge is 0.130 e. The summed E-state index contributed by atoms with van der Waals surface area (Å²) in [5.74, 6) is 0.710. The molecule has 0 atom stereocenters. The Balaban J connectivity index is 2.81. The molecule has 82 valence electrons. The molecule has 0 aromatic heterocycles. The molecule has 0 aliphatic carbocycles. The van der Waals surface area contributed by atoms with E-state index in [1.807, 2.05) is 12.1 Å². The van der Waals surface area contributed by atoms with Crippen LogP contribution in [0, 0.1) is 5.41 Å². The van der Waals surface area contributed by atoms with Crippen molar-refractivity contribution in [1.29, 1.82) is 5.41 Å². The average Bonchev–Trinajstić information content (AvgIpc) is 2.20. The van der Waals surface area contributed by atoms with Crippen molar-refractivity contribution in [2.75, 3.05) is 6.61 Å². The van der Waals surface area contributed by atoms with Crippen LogP contribution in [-0.2, 0) is 0 Å². The van der Waals surface area contributed by atoms with Gasteiger partial charge in [0.25, 0.3) is 0 Å². The van der Waals surface area contributed by atoms with Crippen LogP contribution in [0.15, 0.2) is 22.7 Å². The normalized spacial score (nSPS) is 10.0. The summed E-state index contributed by atoms with van der Waals surface area (Å²) in [6.45, 7) is 2.77. The lowest BCUT2D eigenvalue weighted by Gasteiger charge is -2.10. The first-order chi connectivity index (χ1) is 7.15. The van der Waals surface area contributed by atoms with Gasteiger partial charge in [-0.2, -0.15) is 0 Å². The molecule has 1 rings (SSSR count). The highest BCUT2D eigenvalue weighted by Gasteiger charge is 2.06. The molecule has 3 N–H and O–H groups in total. The molecule has 3 nitrogen and oxygen atoms in total. The monoisotopic (exact) mass is 270 g/mol. The van der Waals surface area contributed by atoms with E-state index in [1.54, 1.807) is 6.07 Å². The van der Waals surface area contributed by atoms with Crippen molar-refractivity contribution < 1.29 is 4.74 Å². The van der Waals surface area contributed by atoms with Gasteiger partial charge in [-0.25, -0.2) is 0 Å². The highest BCUT2D eigenvalue weighted by atomic mass is 79.9. The minimum Gasteiger partial charge on any atom is -0.493 e. The zero-order chi connectivity index (χ0) is 11.3. The van der Waals surface area contributed by atoms with Crippen molar-refractivity contribution in [3.05, 3.63) is 28.2 Å². The summed E-state index contributed by atoms with van der Waals surface area (Å²) in [5, 5.41) is 7.43. The topological polar surface area (TPSA) is 59.1 Å². The van der Waals surface area contributed by atoms with Crippen LogP contribution in [0.3, 0.4) is 0 Å². The summed E-state index contributed by atoms with van der Waals surface area (Å²) in [4.78, 5) is 0. The van der Waals surface area contributed by atoms with Crippen molar-refractivity contribution in [3.63, 3.8) is 0 Å². The van der Waals surface area contributed by atoms with Crippen molar-refractivity contribution in [1.82, 2.24) is 0 Å². The van der Waals surface area contributed by atoms with Crippen LogP contribution < -0.4 is 10.5 Å². The highest BCUT2D eigenvalue weighted by Crippen LogP contribution is 2.22. The second-order valence-electron chi connectivity index (χ2n) is 3.26. The van der Waals surface area contributed by atoms with Gasteiger partial charge in [0.05, 0.1) is 12.2 Å². The first kappa shape index (κ1) is 12.0. The lowest BCUT2D eigenvalue weighted by Crippen LogP contribution is -2.13. The van der Waals surface area contributed by atoms with Gasteiger partial charge < -0.3 is 10.5 Å². The average molecular weight is 271 g/mol. The zero-order valence-corrected chi connectivity index (χ0v) is 10.3. The lowest BCUT2D eigenvalue weighted by atomic mass is 10.2. The Morgan fingerprint density at radius 3 is 2.87 bits per heavy atom. The molecule has 0 spiro atoms. The van der Waals surface area contributed by atoms with Crippen LogP contribution >= 0.6 is 15.9 Å². The van der Waals surface area contributed by atoms with E-state index in [-0.39, 0.29) is 5.84 Å². The van der Waals surface area contributed by atoms with E-state index in [9.17, 15) is 0 Å². The molecule has 0 amide bonds. The van der Waals surface area contributed by atoms with Gasteiger partial charge in [-0.3, -0.25) is 5.41 Å². The Labute approximate surface area is 98.3 Å². The fourth-order valence-corrected chi connectivity index (χ4v) is 1.53. The van der Waals surface area contributed by atoms with E-state index in [0.29, 0.717) is 17.9 Å². The molecule has 0 heterocycles. The molecule has 1 aromatic rings. The van der Waals surface area contributed by atoms with Gasteiger partial charge in [0, 0.05) is 4.47 Å². The summed E-state index contributed by atoms with van der Waals surface area (Å²) in [7, 11) is 0. The van der Waals surface area contributed by atoms with Gasteiger partial charge in [0.2, 0.25) is 0 Å². The Hall–Kier alpha value is -1.03. The number of hydrogen-bond acceptors (Lipinski definition) is 2. The summed E-state index contributed by atoms with van der Waals surface area (Å²) < 4.78 is 6.45. The number of ether oxygens (including phenoxy) is 1. The van der Waals surface area contributed by atoms with Gasteiger partial charge >= 0.3 is 0 Å². The molecule has 0 saturated heterocycles. The van der Waals surface area contributed by atoms with Crippen LogP contribution in [0.1, 0.15) is 25.3 Å². The summed E-state index contributed by atoms with van der Waals surface area (Å²) in [6, 6.07) is 5.51. The molecule has 0 fully saturated rings. The standard InChI is InChI=1S/C11H15BrN2O/c1-2-3-6-15-10-5-4-8(12)7-9(10)11(13)14/h4-5,7H,2-3,6H2,1H3,(H3,13,14). The van der Waals surface area contributed by atoms with E-state index < -0.39 is 0 Å². The van der Waals surface area contributed by atoms with Gasteiger partial charge in [-0.05, 0) is 24.6 Å². The summed E-state index contributed by atoms with van der Waals surface area (Å²) in [5.41, 5.74) is 6.11. The quantitative estimate of drug-likeness (QED) is 0.491. The van der Waals surface area contributed by atoms with Crippen LogP contribution in [-0.4, -0.2) is 12.4 Å². The molecular formula is C11H15BrN2O. The number of hydrogen-bond donors (Lipinski definition) is 2. The number of nitrogens with two attached hydrogens (primary N) is 1. The highest BCUT2D eigenvalue weighted by molar-refractivity contribution is 9.10. The molecule has 0 saturated carbocycles. The van der Waals surface area contributed by atoms with E-state index >= 15 is 0 Å². The molecule has 1 aromatic carbocycles. The van der Waals surface area contributed by atoms with Crippen LogP contribution in [0.25, 0.3) is 0 Å². The van der Waals surface area contributed by atoms with Gasteiger partial charge in [0.1, 0.15) is 11.6 Å². The maximum atomic E-state index is 7.43. The minimum absolute atomic E-state index is 0.0304. The van der Waals surface area contributed by atoms with Crippen molar-refractivity contribution in [2.45, 2.75) is 19.8 Å². The Morgan fingerprint density at radius 1 is 1.53 bits per heavy atom. The first-order valence-corrected chi connectivity index (χ1v) is 5.71. The van der Waals surface area contributed by atoms with Crippen LogP contribution in [0.2, 0.25) is 0 Å². The SMILES string of the molecule is CCCCOc1ccc(Br)cc1C(=N)N. The van der Waals surface area contributed by atoms with Crippen molar-refractivity contribution in [3.8, 4) is 5.75 Å². The number of rotatable bonds is 5. The Bertz CT molecular complexity index is 352. The number of nitrogens with one attached hydrogen (secondary N) is 1. The summed E-state index contributed by atoms with van der Waals surface area (Å²) in [6.07, 6.45) is 2.10. The second kappa shape index (κ2) is 5.75. The number of amidine groups is 1. The van der Waals surface area contributed by atoms with Crippen molar-refractivity contribution >= 4 is 21.8 Å². The molecular weight excluding hydrogens is 256 g/mol. The van der Waals surface area contributed by atoms with Gasteiger partial charge in [0.15, 0.2) is 0 Å². The molecule has 0 bridgehead atoms. The lowest BCUT2D eigenvalue weighted by molar-refractivity contribution is 0.309. The fourth-order valence-electron chi connectivity index (χ4n) is 1.17. The molecule has 0 radical (unpaired) electrons. The third-order valence-electron chi connectivity index (χ3n) is 1.99. The Morgan fingerprint density at radius 2 is 2.27 bits per heavy atom. The molecule has 0 aliphatic heterocycles. The fraction of sp³-hybridized carbons (Fsp3) is 0.364. The van der Waals surface area contributed by atoms with E-state index in [0.717, 1.165) is 17.3 Å². The molecule has 0 unspecified atom stereocenters. The van der Waals surface area contributed by atoms with E-state index in [2.05, 4.69) is 22.9 Å². The van der Waals surface area contributed by atoms with E-state index in [4.69, 9.17) is 15.9 Å². The first-order valence-electron chi connectivity index (χ1n) is 4.92. The van der Waals surface area contributed by atoms with E-state index in [1.165, 1.54) is 0 Å². The number of halogens is 1. The number of unbranched alkanes of at least 4 members (excludes halogenated alkanes) is 1. The van der Waals surface area contributed by atoms with Crippen LogP contribution in [0.5, 0.6) is 5.75 Å². The second-order valence-corrected chi connectivity index (χ2v) is 4.17. The third kappa shape index (κ3) is 3.55. The summed E-state index contributed by atoms with van der Waals surface area (Å²) >= 11 is 3.34. The predicted octanol–water partition coefficient (Wildman–Crippen LogP) is 2.91. The molecule has 15 heavy (non-hydrogen) atoms. The number of nitrogen functional groups attached to an aromatic ring is 1. The molecule has 0 aliphatic rings. The Kier molecular flexibility index (Phi) is 4.62. The molecule has 4 heteroatoms. The minimum atomic E-state index is 0.0304. The number of benzene rings is 1. The van der Waals surface area contributed by atoms with Crippen molar-refractivity contribution in [2.24, 2.45) is 5.73 Å². The van der Waals surface area contributed by atoms with Crippen LogP contribution in [0.4, 0.5) is 0 Å². The predicted molar refractivity (Wildman–Crippen MR) is 65.6 cm³/mol. The maximum absolute atomic E-state index is 7.43. The largest absolute Gasteiger partial charge is 0.493 e. The zero-order valence-electron chi connectivity index (χ0n) is 8.72. The van der Waals surface area contributed by atoms with Gasteiger partial charge in [-0.1, -0.05) is 29.3 Å². The van der Waals surface area contributed by atoms with Gasteiger partial charge in [-0.15, -0.1) is 0 Å². The maximum Gasteiger partial charge on any atom is 0.130 e. The third-order valence-corrected chi connectivity index (χ3v) is 2.48.